The number of hydrogen-bond acceptors (Lipinski definition) is 5. The van der Waals surface area contributed by atoms with E-state index in [1.54, 1.807) is 0 Å². The molecule has 0 unspecified atom stereocenters. The number of hydrogen-bond donors (Lipinski definition) is 0. The summed E-state index contributed by atoms with van der Waals surface area (Å²) >= 11 is 5.93. The van der Waals surface area contributed by atoms with Gasteiger partial charge in [0.25, 0.3) is 5.89 Å². The van der Waals surface area contributed by atoms with Crippen molar-refractivity contribution >= 4 is 17.2 Å². The molecule has 154 valence electrons. The van der Waals surface area contributed by atoms with Crippen LogP contribution in [-0.2, 0) is 6.54 Å². The van der Waals surface area contributed by atoms with E-state index >= 15 is 0 Å². The van der Waals surface area contributed by atoms with Gasteiger partial charge in [-0.3, -0.25) is 0 Å². The van der Waals surface area contributed by atoms with Crippen LogP contribution in [0.3, 0.4) is 0 Å². The van der Waals surface area contributed by atoms with Crippen molar-refractivity contribution in [1.29, 1.82) is 0 Å². The lowest BCUT2D eigenvalue weighted by Gasteiger charge is -2.22. The molecule has 0 bridgehead atoms. The Bertz CT molecular complexity index is 1070. The van der Waals surface area contributed by atoms with Crippen molar-refractivity contribution in [3.8, 4) is 17.1 Å². The van der Waals surface area contributed by atoms with Gasteiger partial charge in [0, 0.05) is 29.9 Å². The number of halogens is 4. The Hall–Kier alpha value is -3.26. The van der Waals surface area contributed by atoms with E-state index in [1.807, 2.05) is 42.6 Å². The molecule has 0 saturated heterocycles. The summed E-state index contributed by atoms with van der Waals surface area (Å²) in [7, 11) is 0. The first-order valence-electron chi connectivity index (χ1n) is 8.93. The van der Waals surface area contributed by atoms with Gasteiger partial charge >= 0.3 is 6.36 Å². The van der Waals surface area contributed by atoms with E-state index in [0.717, 1.165) is 17.7 Å². The quantitative estimate of drug-likeness (QED) is 0.516. The molecule has 0 amide bonds. The van der Waals surface area contributed by atoms with Crippen LogP contribution < -0.4 is 4.74 Å². The maximum Gasteiger partial charge on any atom is 0.573 e. The highest BCUT2D eigenvalue weighted by Crippen LogP contribution is 2.27. The van der Waals surface area contributed by atoms with Crippen molar-refractivity contribution < 1.29 is 22.4 Å². The Balaban J connectivity index is 1.48. The van der Waals surface area contributed by atoms with Gasteiger partial charge in [-0.05, 0) is 42.0 Å². The summed E-state index contributed by atoms with van der Waals surface area (Å²) in [6, 6.07) is 12.9. The number of rotatable bonds is 5. The van der Waals surface area contributed by atoms with Crippen LogP contribution in [0.15, 0.2) is 71.4 Å². The highest BCUT2D eigenvalue weighted by atomic mass is 35.5. The van der Waals surface area contributed by atoms with E-state index in [9.17, 15) is 13.2 Å². The molecule has 4 rings (SSSR count). The second kappa shape index (κ2) is 8.23. The Kier molecular flexibility index (Phi) is 5.50. The summed E-state index contributed by atoms with van der Waals surface area (Å²) in [6.45, 7) is 1.42. The van der Waals surface area contributed by atoms with Crippen LogP contribution >= 0.6 is 11.6 Å². The molecule has 0 atom stereocenters. The minimum absolute atomic E-state index is 0.271. The molecule has 0 saturated carbocycles. The molecule has 0 aliphatic carbocycles. The van der Waals surface area contributed by atoms with Crippen LogP contribution in [0, 0.1) is 0 Å². The van der Waals surface area contributed by atoms with E-state index in [0.29, 0.717) is 23.0 Å². The second-order valence-electron chi connectivity index (χ2n) is 6.54. The number of aromatic nitrogens is 2. The van der Waals surface area contributed by atoms with Gasteiger partial charge in [0.1, 0.15) is 5.75 Å². The van der Waals surface area contributed by atoms with E-state index < -0.39 is 6.36 Å². The molecule has 5 nitrogen and oxygen atoms in total. The van der Waals surface area contributed by atoms with Crippen LogP contribution in [0.5, 0.6) is 5.75 Å². The molecule has 30 heavy (non-hydrogen) atoms. The number of alkyl halides is 3. The summed E-state index contributed by atoms with van der Waals surface area (Å²) in [5, 5.41) is 4.61. The van der Waals surface area contributed by atoms with Crippen molar-refractivity contribution in [1.82, 2.24) is 15.0 Å². The number of benzene rings is 2. The zero-order valence-corrected chi connectivity index (χ0v) is 16.2. The van der Waals surface area contributed by atoms with Gasteiger partial charge in [0.05, 0.1) is 5.57 Å². The lowest BCUT2D eigenvalue weighted by Crippen LogP contribution is -2.19. The largest absolute Gasteiger partial charge is 0.573 e. The van der Waals surface area contributed by atoms with Crippen LogP contribution in [0.1, 0.15) is 11.5 Å². The topological polar surface area (TPSA) is 51.4 Å². The first-order chi connectivity index (χ1) is 14.4. The SMILES string of the molecule is FC(F)(F)Oc1ccc(-c2noc(C3=CN(Cc4ccc(Cl)cc4)CC=C3)n2)cc1. The second-order valence-corrected chi connectivity index (χ2v) is 6.97. The van der Waals surface area contributed by atoms with E-state index in [-0.39, 0.29) is 11.6 Å². The van der Waals surface area contributed by atoms with Crippen molar-refractivity contribution in [2.24, 2.45) is 0 Å². The third-order valence-electron chi connectivity index (χ3n) is 4.28. The zero-order valence-electron chi connectivity index (χ0n) is 15.4. The van der Waals surface area contributed by atoms with Gasteiger partial charge in [-0.1, -0.05) is 41.0 Å². The summed E-state index contributed by atoms with van der Waals surface area (Å²) in [4.78, 5) is 6.45. The number of allylic oxidation sites excluding steroid dienone is 2. The zero-order chi connectivity index (χ0) is 21.1. The van der Waals surface area contributed by atoms with Gasteiger partial charge in [0.15, 0.2) is 0 Å². The maximum atomic E-state index is 12.3. The average molecular weight is 434 g/mol. The fourth-order valence-electron chi connectivity index (χ4n) is 2.93. The molecule has 1 aliphatic rings. The van der Waals surface area contributed by atoms with E-state index in [4.69, 9.17) is 16.1 Å². The average Bonchev–Trinajstić information content (AvgIpc) is 3.20. The Morgan fingerprint density at radius 3 is 2.50 bits per heavy atom. The third kappa shape index (κ3) is 5.01. The molecular weight excluding hydrogens is 419 g/mol. The van der Waals surface area contributed by atoms with Gasteiger partial charge in [-0.15, -0.1) is 13.2 Å². The number of nitrogens with zero attached hydrogens (tertiary/aromatic N) is 3. The Morgan fingerprint density at radius 1 is 1.07 bits per heavy atom. The smallest absolute Gasteiger partial charge is 0.406 e. The Labute approximate surface area is 175 Å². The number of ether oxygens (including phenoxy) is 1. The molecule has 3 aromatic rings. The van der Waals surface area contributed by atoms with Gasteiger partial charge in [-0.25, -0.2) is 0 Å². The summed E-state index contributed by atoms with van der Waals surface area (Å²) in [6.07, 6.45) is 1.05. The molecule has 1 aliphatic heterocycles. The summed E-state index contributed by atoms with van der Waals surface area (Å²) < 4.78 is 46.0. The van der Waals surface area contributed by atoms with Gasteiger partial charge < -0.3 is 14.2 Å². The molecule has 2 heterocycles. The standard InChI is InChI=1S/C21H15ClF3N3O2/c22-17-7-3-14(4-8-17)12-28-11-1-2-16(13-28)20-26-19(27-30-20)15-5-9-18(10-6-15)29-21(23,24)25/h1-10,13H,11-12H2. The fourth-order valence-corrected chi connectivity index (χ4v) is 3.06. The highest BCUT2D eigenvalue weighted by Gasteiger charge is 2.31. The first kappa shape index (κ1) is 20.0. The third-order valence-corrected chi connectivity index (χ3v) is 4.53. The van der Waals surface area contributed by atoms with Crippen LogP contribution in [0.4, 0.5) is 13.2 Å². The van der Waals surface area contributed by atoms with Crippen molar-refractivity contribution in [2.75, 3.05) is 6.54 Å². The molecule has 2 aromatic carbocycles. The molecule has 0 N–H and O–H groups in total. The predicted octanol–water partition coefficient (Wildman–Crippen LogP) is 5.70. The molecule has 0 radical (unpaired) electrons. The fraction of sp³-hybridized carbons (Fsp3) is 0.143. The van der Waals surface area contributed by atoms with Crippen LogP contribution in [0.25, 0.3) is 17.0 Å². The summed E-state index contributed by atoms with van der Waals surface area (Å²) in [5.41, 5.74) is 2.36. The minimum Gasteiger partial charge on any atom is -0.406 e. The van der Waals surface area contributed by atoms with E-state index in [1.165, 1.54) is 24.3 Å². The monoisotopic (exact) mass is 433 g/mol. The lowest BCUT2D eigenvalue weighted by atomic mass is 10.1. The normalized spacial score (nSPS) is 14.0. The maximum absolute atomic E-state index is 12.3. The molecular formula is C21H15ClF3N3O2. The van der Waals surface area contributed by atoms with Crippen LogP contribution in [-0.4, -0.2) is 27.9 Å². The highest BCUT2D eigenvalue weighted by molar-refractivity contribution is 6.30. The van der Waals surface area contributed by atoms with E-state index in [2.05, 4.69) is 19.8 Å². The Morgan fingerprint density at radius 2 is 1.80 bits per heavy atom. The first-order valence-corrected chi connectivity index (χ1v) is 9.31. The van der Waals surface area contributed by atoms with Gasteiger partial charge in [0.2, 0.25) is 5.82 Å². The van der Waals surface area contributed by atoms with Crippen molar-refractivity contribution in [3.05, 3.63) is 83.4 Å². The molecule has 0 fully saturated rings. The molecule has 9 heteroatoms. The van der Waals surface area contributed by atoms with Crippen molar-refractivity contribution in [2.45, 2.75) is 12.9 Å². The van der Waals surface area contributed by atoms with Crippen molar-refractivity contribution in [3.63, 3.8) is 0 Å². The summed E-state index contributed by atoms with van der Waals surface area (Å²) in [5.74, 6) is 0.274. The lowest BCUT2D eigenvalue weighted by molar-refractivity contribution is -0.274. The van der Waals surface area contributed by atoms with Gasteiger partial charge in [-0.2, -0.15) is 4.98 Å². The molecule has 0 spiro atoms. The predicted molar refractivity (Wildman–Crippen MR) is 105 cm³/mol. The molecule has 1 aromatic heterocycles. The van der Waals surface area contributed by atoms with Crippen LogP contribution in [0.2, 0.25) is 5.02 Å². The minimum atomic E-state index is -4.74.